The summed E-state index contributed by atoms with van der Waals surface area (Å²) in [4.78, 5) is 12.0. The summed E-state index contributed by atoms with van der Waals surface area (Å²) >= 11 is 6.44. The molecule has 0 bridgehead atoms. The minimum absolute atomic E-state index is 0.129. The molecule has 0 saturated carbocycles. The van der Waals surface area contributed by atoms with Gasteiger partial charge in [-0.05, 0) is 49.1 Å². The second kappa shape index (κ2) is 10.1. The van der Waals surface area contributed by atoms with Crippen LogP contribution in [0, 0.1) is 6.92 Å². The van der Waals surface area contributed by atoms with E-state index < -0.39 is 0 Å². The maximum absolute atomic E-state index is 12.0. The fraction of sp³-hybridized carbons (Fsp3) is 0.261. The highest BCUT2D eigenvalue weighted by molar-refractivity contribution is 6.32. The quantitative estimate of drug-likeness (QED) is 0.414. The largest absolute Gasteiger partial charge is 0.484 e. The van der Waals surface area contributed by atoms with E-state index in [1.807, 2.05) is 61.5 Å². The van der Waals surface area contributed by atoms with Crippen LogP contribution >= 0.6 is 11.6 Å². The van der Waals surface area contributed by atoms with E-state index in [0.29, 0.717) is 28.1 Å². The van der Waals surface area contributed by atoms with Gasteiger partial charge in [-0.1, -0.05) is 55.8 Å². The minimum Gasteiger partial charge on any atom is -0.484 e. The van der Waals surface area contributed by atoms with Crippen LogP contribution in [0.5, 0.6) is 5.75 Å². The summed E-state index contributed by atoms with van der Waals surface area (Å²) in [5.41, 5.74) is 5.90. The lowest BCUT2D eigenvalue weighted by Gasteiger charge is -2.10. The van der Waals surface area contributed by atoms with Crippen molar-refractivity contribution in [3.63, 3.8) is 0 Å². The van der Waals surface area contributed by atoms with Crippen LogP contribution in [0.25, 0.3) is 5.69 Å². The summed E-state index contributed by atoms with van der Waals surface area (Å²) in [6.07, 6.45) is 2.57. The summed E-state index contributed by atoms with van der Waals surface area (Å²) in [6, 6.07) is 17.4. The number of nitrogens with one attached hydrogen (secondary N) is 1. The van der Waals surface area contributed by atoms with Crippen molar-refractivity contribution in [2.45, 2.75) is 33.1 Å². The molecule has 2 aromatic carbocycles. The third-order valence-corrected chi connectivity index (χ3v) is 5.23. The Hall–Kier alpha value is -3.12. The van der Waals surface area contributed by atoms with E-state index >= 15 is 0 Å². The van der Waals surface area contributed by atoms with Crippen molar-refractivity contribution in [2.24, 2.45) is 5.10 Å². The molecule has 1 unspecified atom stereocenters. The number of carbonyl (C=O) groups excluding carboxylic acids is 1. The Kier molecular flexibility index (Phi) is 7.25. The fourth-order valence-corrected chi connectivity index (χ4v) is 3.20. The number of rotatable bonds is 8. The molecule has 0 saturated heterocycles. The van der Waals surface area contributed by atoms with Crippen molar-refractivity contribution in [3.05, 3.63) is 76.6 Å². The summed E-state index contributed by atoms with van der Waals surface area (Å²) < 4.78 is 7.15. The Labute approximate surface area is 181 Å². The number of aryl methyl sites for hydroxylation is 1. The lowest BCUT2D eigenvalue weighted by Crippen LogP contribution is -2.24. The number of benzene rings is 2. The number of hydrogen-bond acceptors (Lipinski definition) is 4. The number of halogens is 1. The molecule has 0 radical (unpaired) electrons. The van der Waals surface area contributed by atoms with Crippen molar-refractivity contribution < 1.29 is 9.53 Å². The van der Waals surface area contributed by atoms with E-state index in [9.17, 15) is 4.79 Å². The standard InChI is InChI=1S/C23H25ClN4O2/c1-4-16(2)18-10-12-20(13-11-18)30-15-22(29)26-25-14-21-17(3)27-28(23(21)24)19-8-6-5-7-9-19/h5-14,16H,4,15H2,1-3H3,(H,26,29)/b25-14+. The number of ether oxygens (including phenoxy) is 1. The molecule has 3 rings (SSSR count). The van der Waals surface area contributed by atoms with Gasteiger partial charge in [-0.2, -0.15) is 10.2 Å². The van der Waals surface area contributed by atoms with Crippen molar-refractivity contribution in [1.29, 1.82) is 0 Å². The van der Waals surface area contributed by atoms with Crippen LogP contribution in [-0.2, 0) is 4.79 Å². The van der Waals surface area contributed by atoms with Gasteiger partial charge < -0.3 is 4.74 Å². The van der Waals surface area contributed by atoms with Gasteiger partial charge >= 0.3 is 0 Å². The Morgan fingerprint density at radius 2 is 1.93 bits per heavy atom. The van der Waals surface area contributed by atoms with Crippen LogP contribution in [0.15, 0.2) is 59.7 Å². The van der Waals surface area contributed by atoms with Gasteiger partial charge in [-0.15, -0.1) is 0 Å². The Morgan fingerprint density at radius 3 is 2.60 bits per heavy atom. The van der Waals surface area contributed by atoms with Gasteiger partial charge in [0, 0.05) is 0 Å². The monoisotopic (exact) mass is 424 g/mol. The van der Waals surface area contributed by atoms with Gasteiger partial charge in [-0.3, -0.25) is 4.79 Å². The van der Waals surface area contributed by atoms with Crippen molar-refractivity contribution in [1.82, 2.24) is 15.2 Å². The number of hydrogen-bond donors (Lipinski definition) is 1. The average Bonchev–Trinajstić information content (AvgIpc) is 3.06. The maximum Gasteiger partial charge on any atom is 0.277 e. The number of hydrazone groups is 1. The molecule has 6 nitrogen and oxygen atoms in total. The molecule has 0 aliphatic carbocycles. The highest BCUT2D eigenvalue weighted by atomic mass is 35.5. The topological polar surface area (TPSA) is 68.5 Å². The summed E-state index contributed by atoms with van der Waals surface area (Å²) in [5, 5.41) is 8.85. The Bertz CT molecular complexity index is 1010. The summed E-state index contributed by atoms with van der Waals surface area (Å²) in [7, 11) is 0. The van der Waals surface area contributed by atoms with E-state index in [4.69, 9.17) is 16.3 Å². The third kappa shape index (κ3) is 5.27. The number of amides is 1. The second-order valence-corrected chi connectivity index (χ2v) is 7.36. The van der Waals surface area contributed by atoms with E-state index in [1.165, 1.54) is 11.8 Å². The van der Waals surface area contributed by atoms with E-state index in [0.717, 1.165) is 12.1 Å². The number of para-hydroxylation sites is 1. The number of aromatic nitrogens is 2. The molecular weight excluding hydrogens is 400 g/mol. The molecular formula is C23H25ClN4O2. The predicted octanol–water partition coefficient (Wildman–Crippen LogP) is 4.88. The van der Waals surface area contributed by atoms with Crippen LogP contribution in [-0.4, -0.2) is 28.5 Å². The van der Waals surface area contributed by atoms with Gasteiger partial charge in [0.2, 0.25) is 0 Å². The van der Waals surface area contributed by atoms with E-state index in [-0.39, 0.29) is 12.5 Å². The van der Waals surface area contributed by atoms with Crippen LogP contribution in [0.1, 0.15) is 43.0 Å². The lowest BCUT2D eigenvalue weighted by molar-refractivity contribution is -0.123. The average molecular weight is 425 g/mol. The normalized spacial score (nSPS) is 12.1. The number of nitrogens with zero attached hydrogens (tertiary/aromatic N) is 3. The molecule has 7 heteroatoms. The molecule has 1 amide bonds. The zero-order valence-corrected chi connectivity index (χ0v) is 18.1. The zero-order valence-electron chi connectivity index (χ0n) is 17.3. The van der Waals surface area contributed by atoms with Crippen molar-refractivity contribution in [3.8, 4) is 11.4 Å². The maximum atomic E-state index is 12.0. The Morgan fingerprint density at radius 1 is 1.23 bits per heavy atom. The number of carbonyl (C=O) groups is 1. The van der Waals surface area contributed by atoms with Crippen LogP contribution in [0.3, 0.4) is 0 Å². The van der Waals surface area contributed by atoms with Crippen LogP contribution < -0.4 is 10.2 Å². The minimum atomic E-state index is -0.360. The molecule has 1 aromatic heterocycles. The first-order chi connectivity index (χ1) is 14.5. The zero-order chi connectivity index (χ0) is 21.5. The van der Waals surface area contributed by atoms with Gasteiger partial charge in [0.1, 0.15) is 10.9 Å². The van der Waals surface area contributed by atoms with Gasteiger partial charge in [-0.25, -0.2) is 10.1 Å². The van der Waals surface area contributed by atoms with Gasteiger partial charge in [0.05, 0.1) is 23.2 Å². The molecule has 156 valence electrons. The molecule has 1 N–H and O–H groups in total. The SMILES string of the molecule is CCC(C)c1ccc(OCC(=O)N/N=C/c2c(C)nn(-c3ccccc3)c2Cl)cc1. The predicted molar refractivity (Wildman–Crippen MR) is 120 cm³/mol. The highest BCUT2D eigenvalue weighted by Crippen LogP contribution is 2.22. The van der Waals surface area contributed by atoms with Crippen molar-refractivity contribution in [2.75, 3.05) is 6.61 Å². The fourth-order valence-electron chi connectivity index (χ4n) is 2.88. The molecule has 0 spiro atoms. The molecule has 1 heterocycles. The van der Waals surface area contributed by atoms with E-state index in [1.54, 1.807) is 4.68 Å². The van der Waals surface area contributed by atoms with Crippen LogP contribution in [0.4, 0.5) is 0 Å². The molecule has 1 atom stereocenters. The second-order valence-electron chi connectivity index (χ2n) is 7.00. The first-order valence-electron chi connectivity index (χ1n) is 9.84. The van der Waals surface area contributed by atoms with Crippen LogP contribution in [0.2, 0.25) is 5.15 Å². The van der Waals surface area contributed by atoms with E-state index in [2.05, 4.69) is 29.5 Å². The first kappa shape index (κ1) is 21.6. The molecule has 0 fully saturated rings. The summed E-state index contributed by atoms with van der Waals surface area (Å²) in [6.45, 7) is 6.04. The third-order valence-electron chi connectivity index (χ3n) is 4.86. The Balaban J connectivity index is 1.55. The molecule has 3 aromatic rings. The smallest absolute Gasteiger partial charge is 0.277 e. The van der Waals surface area contributed by atoms with Crippen molar-refractivity contribution >= 4 is 23.7 Å². The highest BCUT2D eigenvalue weighted by Gasteiger charge is 2.13. The summed E-state index contributed by atoms with van der Waals surface area (Å²) in [5.74, 6) is 0.781. The molecule has 30 heavy (non-hydrogen) atoms. The lowest BCUT2D eigenvalue weighted by atomic mass is 9.99. The molecule has 0 aliphatic rings. The van der Waals surface area contributed by atoms with Gasteiger partial charge in [0.15, 0.2) is 6.61 Å². The molecule has 0 aliphatic heterocycles. The first-order valence-corrected chi connectivity index (χ1v) is 10.2. The van der Waals surface area contributed by atoms with Gasteiger partial charge in [0.25, 0.3) is 5.91 Å².